The summed E-state index contributed by atoms with van der Waals surface area (Å²) in [5.74, 6) is 1.56. The number of ether oxygens (including phenoxy) is 1. The zero-order valence-corrected chi connectivity index (χ0v) is 10.3. The first-order chi connectivity index (χ1) is 7.84. The molecule has 5 nitrogen and oxygen atoms in total. The van der Waals surface area contributed by atoms with Crippen LogP contribution in [0.25, 0.3) is 0 Å². The molecule has 90 valence electrons. The smallest absolute Gasteiger partial charge is 0.276 e. The standard InChI is InChI=1S/C10H17N3O2S/c1-8-12-13-10(15-8)16-6-4-11-7-9-3-2-5-14-9/h9,11H,2-7H2,1H3. The second-order valence-corrected chi connectivity index (χ2v) is 4.82. The first kappa shape index (κ1) is 11.9. The monoisotopic (exact) mass is 243 g/mol. The average Bonchev–Trinajstić information content (AvgIpc) is 2.89. The van der Waals surface area contributed by atoms with Crippen LogP contribution in [0.3, 0.4) is 0 Å². The Morgan fingerprint density at radius 2 is 2.44 bits per heavy atom. The predicted molar refractivity (Wildman–Crippen MR) is 61.6 cm³/mol. The average molecular weight is 243 g/mol. The van der Waals surface area contributed by atoms with E-state index < -0.39 is 0 Å². The normalized spacial score (nSPS) is 20.4. The summed E-state index contributed by atoms with van der Waals surface area (Å²) in [6, 6.07) is 0. The van der Waals surface area contributed by atoms with Crippen molar-refractivity contribution in [2.24, 2.45) is 0 Å². The van der Waals surface area contributed by atoms with Gasteiger partial charge in [-0.25, -0.2) is 0 Å². The molecule has 1 aliphatic heterocycles. The third-order valence-corrected chi connectivity index (χ3v) is 3.23. The second-order valence-electron chi connectivity index (χ2n) is 3.77. The van der Waals surface area contributed by atoms with Gasteiger partial charge in [-0.2, -0.15) is 0 Å². The van der Waals surface area contributed by atoms with E-state index in [0.29, 0.717) is 17.2 Å². The molecule has 1 aliphatic rings. The topological polar surface area (TPSA) is 60.2 Å². The van der Waals surface area contributed by atoms with Gasteiger partial charge in [-0.05, 0) is 12.8 Å². The number of thioether (sulfide) groups is 1. The van der Waals surface area contributed by atoms with Crippen LogP contribution in [-0.2, 0) is 4.74 Å². The minimum absolute atomic E-state index is 0.413. The van der Waals surface area contributed by atoms with Crippen molar-refractivity contribution in [1.29, 1.82) is 0 Å². The molecule has 0 bridgehead atoms. The Labute approximate surface area is 99.3 Å². The van der Waals surface area contributed by atoms with Crippen LogP contribution < -0.4 is 5.32 Å². The Kier molecular flexibility index (Phi) is 4.62. The Balaban J connectivity index is 1.51. The second kappa shape index (κ2) is 6.22. The third kappa shape index (κ3) is 3.77. The molecule has 2 rings (SSSR count). The molecule has 0 aromatic carbocycles. The van der Waals surface area contributed by atoms with Crippen LogP contribution >= 0.6 is 11.8 Å². The van der Waals surface area contributed by atoms with E-state index in [2.05, 4.69) is 15.5 Å². The number of rotatable bonds is 6. The zero-order valence-electron chi connectivity index (χ0n) is 9.44. The lowest BCUT2D eigenvalue weighted by Gasteiger charge is -2.09. The summed E-state index contributed by atoms with van der Waals surface area (Å²) < 4.78 is 10.8. The Hall–Kier alpha value is -0.590. The van der Waals surface area contributed by atoms with E-state index in [1.165, 1.54) is 12.8 Å². The number of nitrogens with zero attached hydrogens (tertiary/aromatic N) is 2. The Morgan fingerprint density at radius 1 is 1.50 bits per heavy atom. The summed E-state index contributed by atoms with van der Waals surface area (Å²) in [6.07, 6.45) is 2.79. The van der Waals surface area contributed by atoms with Crippen LogP contribution in [0.4, 0.5) is 0 Å². The maximum atomic E-state index is 5.51. The van der Waals surface area contributed by atoms with Crippen LogP contribution in [-0.4, -0.2) is 41.8 Å². The number of nitrogens with one attached hydrogen (secondary N) is 1. The molecule has 1 aromatic rings. The zero-order chi connectivity index (χ0) is 11.2. The van der Waals surface area contributed by atoms with Gasteiger partial charge in [0.15, 0.2) is 0 Å². The van der Waals surface area contributed by atoms with E-state index in [-0.39, 0.29) is 0 Å². The highest BCUT2D eigenvalue weighted by Gasteiger charge is 2.14. The number of hydrogen-bond donors (Lipinski definition) is 1. The molecular weight excluding hydrogens is 226 g/mol. The molecule has 1 N–H and O–H groups in total. The first-order valence-electron chi connectivity index (χ1n) is 5.60. The van der Waals surface area contributed by atoms with E-state index >= 15 is 0 Å². The van der Waals surface area contributed by atoms with Gasteiger partial charge in [-0.1, -0.05) is 11.8 Å². The lowest BCUT2D eigenvalue weighted by atomic mass is 10.2. The minimum Gasteiger partial charge on any atom is -0.416 e. The summed E-state index contributed by atoms with van der Waals surface area (Å²) in [7, 11) is 0. The van der Waals surface area contributed by atoms with Crippen molar-refractivity contribution in [2.75, 3.05) is 25.4 Å². The lowest BCUT2D eigenvalue weighted by molar-refractivity contribution is 0.110. The van der Waals surface area contributed by atoms with Crippen LogP contribution in [0, 0.1) is 6.92 Å². The summed E-state index contributed by atoms with van der Waals surface area (Å²) in [5.41, 5.74) is 0. The van der Waals surface area contributed by atoms with Gasteiger partial charge in [0.1, 0.15) is 0 Å². The fourth-order valence-electron chi connectivity index (χ4n) is 1.62. The highest BCUT2D eigenvalue weighted by atomic mass is 32.2. The molecular formula is C10H17N3O2S. The molecule has 6 heteroatoms. The lowest BCUT2D eigenvalue weighted by Crippen LogP contribution is -2.27. The summed E-state index contributed by atoms with van der Waals surface area (Å²) in [6.45, 7) is 4.60. The van der Waals surface area contributed by atoms with Gasteiger partial charge in [-0.15, -0.1) is 10.2 Å². The maximum absolute atomic E-state index is 5.51. The molecule has 1 aromatic heterocycles. The highest BCUT2D eigenvalue weighted by molar-refractivity contribution is 7.99. The molecule has 1 unspecified atom stereocenters. The van der Waals surface area contributed by atoms with E-state index in [9.17, 15) is 0 Å². The van der Waals surface area contributed by atoms with Gasteiger partial charge in [0, 0.05) is 32.4 Å². The molecule has 0 saturated carbocycles. The van der Waals surface area contributed by atoms with Gasteiger partial charge < -0.3 is 14.5 Å². The molecule has 0 aliphatic carbocycles. The minimum atomic E-state index is 0.413. The van der Waals surface area contributed by atoms with E-state index in [1.807, 2.05) is 0 Å². The van der Waals surface area contributed by atoms with Crippen LogP contribution in [0.1, 0.15) is 18.7 Å². The SMILES string of the molecule is Cc1nnc(SCCNCC2CCCO2)o1. The Morgan fingerprint density at radius 3 is 3.12 bits per heavy atom. The van der Waals surface area contributed by atoms with Crippen LogP contribution in [0.2, 0.25) is 0 Å². The molecule has 1 fully saturated rings. The van der Waals surface area contributed by atoms with Crippen molar-refractivity contribution in [3.8, 4) is 0 Å². The van der Waals surface area contributed by atoms with E-state index in [0.717, 1.165) is 25.4 Å². The van der Waals surface area contributed by atoms with E-state index in [4.69, 9.17) is 9.15 Å². The number of hydrogen-bond acceptors (Lipinski definition) is 6. The summed E-state index contributed by atoms with van der Waals surface area (Å²) >= 11 is 1.58. The molecule has 1 saturated heterocycles. The van der Waals surface area contributed by atoms with Crippen molar-refractivity contribution in [3.05, 3.63) is 5.89 Å². The van der Waals surface area contributed by atoms with Gasteiger partial charge in [0.2, 0.25) is 5.89 Å². The summed E-state index contributed by atoms with van der Waals surface area (Å²) in [4.78, 5) is 0. The van der Waals surface area contributed by atoms with Crippen LogP contribution in [0.15, 0.2) is 9.64 Å². The number of aromatic nitrogens is 2. The van der Waals surface area contributed by atoms with Crippen molar-refractivity contribution in [2.45, 2.75) is 31.1 Å². The fraction of sp³-hybridized carbons (Fsp3) is 0.800. The fourth-order valence-corrected chi connectivity index (χ4v) is 2.31. The van der Waals surface area contributed by atoms with Crippen molar-refractivity contribution in [3.63, 3.8) is 0 Å². The molecule has 1 atom stereocenters. The maximum Gasteiger partial charge on any atom is 0.276 e. The number of aryl methyl sites for hydroxylation is 1. The van der Waals surface area contributed by atoms with Gasteiger partial charge in [-0.3, -0.25) is 0 Å². The van der Waals surface area contributed by atoms with Gasteiger partial charge >= 0.3 is 0 Å². The molecule has 2 heterocycles. The van der Waals surface area contributed by atoms with Crippen LogP contribution in [0.5, 0.6) is 0 Å². The van der Waals surface area contributed by atoms with Crippen molar-refractivity contribution >= 4 is 11.8 Å². The predicted octanol–water partition coefficient (Wildman–Crippen LogP) is 1.24. The van der Waals surface area contributed by atoms with Gasteiger partial charge in [0.25, 0.3) is 5.22 Å². The third-order valence-electron chi connectivity index (χ3n) is 2.41. The van der Waals surface area contributed by atoms with Gasteiger partial charge in [0.05, 0.1) is 6.10 Å². The largest absolute Gasteiger partial charge is 0.416 e. The van der Waals surface area contributed by atoms with E-state index in [1.54, 1.807) is 18.7 Å². The van der Waals surface area contributed by atoms with Crippen molar-refractivity contribution in [1.82, 2.24) is 15.5 Å². The molecule has 0 spiro atoms. The Bertz CT molecular complexity index is 313. The molecule has 0 amide bonds. The first-order valence-corrected chi connectivity index (χ1v) is 6.58. The summed E-state index contributed by atoms with van der Waals surface area (Å²) in [5, 5.41) is 11.7. The molecule has 0 radical (unpaired) electrons. The quantitative estimate of drug-likeness (QED) is 0.599. The highest BCUT2D eigenvalue weighted by Crippen LogP contribution is 2.14. The molecule has 16 heavy (non-hydrogen) atoms. The van der Waals surface area contributed by atoms with Crippen molar-refractivity contribution < 1.29 is 9.15 Å².